The second-order valence-electron chi connectivity index (χ2n) is 7.34. The predicted octanol–water partition coefficient (Wildman–Crippen LogP) is 5.07. The molecule has 0 heterocycles. The fourth-order valence-corrected chi connectivity index (χ4v) is 4.23. The van der Waals surface area contributed by atoms with Gasteiger partial charge in [-0.05, 0) is 60.6 Å². The number of rotatable bonds is 5. The molecule has 7 heteroatoms. The Morgan fingerprint density at radius 1 is 1.25 bits per heavy atom. The van der Waals surface area contributed by atoms with E-state index in [2.05, 4.69) is 5.32 Å². The van der Waals surface area contributed by atoms with Crippen LogP contribution in [0.4, 0.5) is 4.79 Å². The van der Waals surface area contributed by atoms with Crippen molar-refractivity contribution in [3.8, 4) is 11.5 Å². The third-order valence-corrected chi connectivity index (χ3v) is 6.28. The number of nitrogens with zero attached hydrogens (tertiary/aromatic N) is 1. The smallest absolute Gasteiger partial charge is 0.318 e. The van der Waals surface area contributed by atoms with Crippen LogP contribution >= 0.6 is 23.2 Å². The molecule has 0 aromatic heterocycles. The van der Waals surface area contributed by atoms with E-state index in [0.717, 1.165) is 42.4 Å². The number of benzene rings is 2. The van der Waals surface area contributed by atoms with Crippen molar-refractivity contribution in [1.82, 2.24) is 10.2 Å². The fraction of sp³-hybridized carbons (Fsp3) is 0.381. The Morgan fingerprint density at radius 3 is 2.75 bits per heavy atom. The first-order valence-electron chi connectivity index (χ1n) is 9.37. The van der Waals surface area contributed by atoms with Gasteiger partial charge >= 0.3 is 6.03 Å². The van der Waals surface area contributed by atoms with Crippen LogP contribution < -0.4 is 10.1 Å². The van der Waals surface area contributed by atoms with E-state index in [1.54, 1.807) is 18.2 Å². The normalized spacial score (nSPS) is 17.9. The van der Waals surface area contributed by atoms with Gasteiger partial charge in [0.15, 0.2) is 11.5 Å². The molecule has 4 rings (SSSR count). The number of methoxy groups -OCH3 is 1. The van der Waals surface area contributed by atoms with Gasteiger partial charge in [-0.1, -0.05) is 35.3 Å². The van der Waals surface area contributed by atoms with E-state index in [4.69, 9.17) is 27.9 Å². The molecule has 2 aromatic carbocycles. The zero-order chi connectivity index (χ0) is 19.8. The minimum atomic E-state index is -0.0848. The number of nitrogens with one attached hydrogen (secondary N) is 1. The van der Waals surface area contributed by atoms with Crippen LogP contribution in [0.15, 0.2) is 30.3 Å². The number of urea groups is 1. The highest BCUT2D eigenvalue weighted by Gasteiger charge is 2.35. The van der Waals surface area contributed by atoms with E-state index in [9.17, 15) is 9.90 Å². The van der Waals surface area contributed by atoms with E-state index in [-0.39, 0.29) is 23.9 Å². The molecule has 1 saturated carbocycles. The molecule has 0 radical (unpaired) electrons. The van der Waals surface area contributed by atoms with Crippen LogP contribution in [0.3, 0.4) is 0 Å². The quantitative estimate of drug-likeness (QED) is 0.709. The summed E-state index contributed by atoms with van der Waals surface area (Å²) >= 11 is 12.4. The molecule has 2 aliphatic rings. The highest BCUT2D eigenvalue weighted by atomic mass is 35.5. The average Bonchev–Trinajstić information content (AvgIpc) is 3.45. The van der Waals surface area contributed by atoms with Gasteiger partial charge in [-0.25, -0.2) is 4.79 Å². The number of amides is 2. The molecule has 148 valence electrons. The number of carbonyl (C=O) groups excluding carboxylic acids is 1. The zero-order valence-electron chi connectivity index (χ0n) is 15.5. The maximum absolute atomic E-state index is 13.0. The molecule has 2 aromatic rings. The van der Waals surface area contributed by atoms with E-state index in [1.165, 1.54) is 7.11 Å². The molecule has 2 N–H and O–H groups in total. The Bertz CT molecular complexity index is 915. The Hall–Kier alpha value is -2.11. The number of halogens is 2. The summed E-state index contributed by atoms with van der Waals surface area (Å²) < 4.78 is 5.18. The molecule has 0 bridgehead atoms. The average molecular weight is 421 g/mol. The van der Waals surface area contributed by atoms with Crippen molar-refractivity contribution in [2.75, 3.05) is 7.11 Å². The van der Waals surface area contributed by atoms with Crippen LogP contribution in [-0.2, 0) is 13.0 Å². The summed E-state index contributed by atoms with van der Waals surface area (Å²) in [5.74, 6) is 0.497. The maximum atomic E-state index is 13.0. The van der Waals surface area contributed by atoms with Crippen molar-refractivity contribution < 1.29 is 14.6 Å². The third kappa shape index (κ3) is 3.74. The summed E-state index contributed by atoms with van der Waals surface area (Å²) in [5.41, 5.74) is 2.99. The van der Waals surface area contributed by atoms with Crippen molar-refractivity contribution in [3.63, 3.8) is 0 Å². The van der Waals surface area contributed by atoms with E-state index in [0.29, 0.717) is 22.3 Å². The standard InChI is InChI=1S/C21H22Cl2N2O3/c1-28-19-10-12(2-9-18(19)26)11-25(13-3-4-13)21(27)24-17-8-6-15-14(17)5-7-16(22)20(15)23/h2,5,7,9-10,13,17,26H,3-4,6,8,11H2,1H3,(H,24,27). The number of aromatic hydroxyl groups is 1. The lowest BCUT2D eigenvalue weighted by Crippen LogP contribution is -2.42. The van der Waals surface area contributed by atoms with Gasteiger partial charge < -0.3 is 20.1 Å². The summed E-state index contributed by atoms with van der Waals surface area (Å²) in [6.45, 7) is 0.466. The van der Waals surface area contributed by atoms with Gasteiger partial charge in [0, 0.05) is 12.6 Å². The summed E-state index contributed by atoms with van der Waals surface area (Å²) in [6.07, 6.45) is 3.63. The highest BCUT2D eigenvalue weighted by Crippen LogP contribution is 2.39. The second-order valence-corrected chi connectivity index (χ2v) is 8.12. The van der Waals surface area contributed by atoms with Gasteiger partial charge in [-0.3, -0.25) is 0 Å². The van der Waals surface area contributed by atoms with Crippen LogP contribution in [0.25, 0.3) is 0 Å². The third-order valence-electron chi connectivity index (χ3n) is 5.43. The molecule has 2 amide bonds. The summed E-state index contributed by atoms with van der Waals surface area (Å²) in [6, 6.07) is 9.01. The molecule has 0 spiro atoms. The Labute approximate surface area is 174 Å². The van der Waals surface area contributed by atoms with Gasteiger partial charge in [-0.15, -0.1) is 0 Å². The number of hydrogen-bond donors (Lipinski definition) is 2. The van der Waals surface area contributed by atoms with Gasteiger partial charge in [0.2, 0.25) is 0 Å². The van der Waals surface area contributed by atoms with Gasteiger partial charge in [0.05, 0.1) is 23.2 Å². The first kappa shape index (κ1) is 19.2. The molecule has 0 saturated heterocycles. The number of hydrogen-bond acceptors (Lipinski definition) is 3. The largest absolute Gasteiger partial charge is 0.504 e. The molecule has 2 aliphatic carbocycles. The van der Waals surface area contributed by atoms with Crippen LogP contribution in [0.2, 0.25) is 10.0 Å². The van der Waals surface area contributed by atoms with E-state index >= 15 is 0 Å². The first-order chi connectivity index (χ1) is 13.5. The van der Waals surface area contributed by atoms with Crippen molar-refractivity contribution in [2.45, 2.75) is 44.3 Å². The molecule has 0 aliphatic heterocycles. The summed E-state index contributed by atoms with van der Waals surface area (Å²) in [4.78, 5) is 14.9. The molecule has 28 heavy (non-hydrogen) atoms. The van der Waals surface area contributed by atoms with Gasteiger partial charge in [0.1, 0.15) is 0 Å². The minimum absolute atomic E-state index is 0.0622. The van der Waals surface area contributed by atoms with Gasteiger partial charge in [-0.2, -0.15) is 0 Å². The maximum Gasteiger partial charge on any atom is 0.318 e. The van der Waals surface area contributed by atoms with E-state index < -0.39 is 0 Å². The van der Waals surface area contributed by atoms with E-state index in [1.807, 2.05) is 17.0 Å². The Morgan fingerprint density at radius 2 is 2.04 bits per heavy atom. The SMILES string of the molecule is COc1cc(CN(C(=O)NC2CCc3c2ccc(Cl)c3Cl)C2CC2)ccc1O. The van der Waals surface area contributed by atoms with Crippen molar-refractivity contribution in [2.24, 2.45) is 0 Å². The van der Waals surface area contributed by atoms with Crippen LogP contribution in [0.1, 0.15) is 42.0 Å². The molecule has 5 nitrogen and oxygen atoms in total. The van der Waals surface area contributed by atoms with Crippen LogP contribution in [0.5, 0.6) is 11.5 Å². The molecular formula is C21H22Cl2N2O3. The fourth-order valence-electron chi connectivity index (χ4n) is 3.78. The van der Waals surface area contributed by atoms with Crippen molar-refractivity contribution in [3.05, 3.63) is 57.1 Å². The molecule has 1 unspecified atom stereocenters. The van der Waals surface area contributed by atoms with Crippen LogP contribution in [0, 0.1) is 0 Å². The lowest BCUT2D eigenvalue weighted by molar-refractivity contribution is 0.187. The monoisotopic (exact) mass is 420 g/mol. The molecule has 1 atom stereocenters. The number of fused-ring (bicyclic) bond motifs is 1. The second kappa shape index (κ2) is 7.72. The Balaban J connectivity index is 1.50. The van der Waals surface area contributed by atoms with Crippen LogP contribution in [-0.4, -0.2) is 29.2 Å². The zero-order valence-corrected chi connectivity index (χ0v) is 17.1. The number of ether oxygens (including phenoxy) is 1. The lowest BCUT2D eigenvalue weighted by Gasteiger charge is -2.26. The van der Waals surface area contributed by atoms with Crippen molar-refractivity contribution >= 4 is 29.2 Å². The summed E-state index contributed by atoms with van der Waals surface area (Å²) in [5, 5.41) is 14.1. The molecular weight excluding hydrogens is 399 g/mol. The number of phenols is 1. The highest BCUT2D eigenvalue weighted by molar-refractivity contribution is 6.42. The number of carbonyl (C=O) groups is 1. The van der Waals surface area contributed by atoms with Gasteiger partial charge in [0.25, 0.3) is 0 Å². The predicted molar refractivity (Wildman–Crippen MR) is 109 cm³/mol. The first-order valence-corrected chi connectivity index (χ1v) is 10.1. The topological polar surface area (TPSA) is 61.8 Å². The van der Waals surface area contributed by atoms with Crippen molar-refractivity contribution in [1.29, 1.82) is 0 Å². The minimum Gasteiger partial charge on any atom is -0.504 e. The molecule has 1 fully saturated rings. The number of phenolic OH excluding ortho intramolecular Hbond substituents is 1. The summed E-state index contributed by atoms with van der Waals surface area (Å²) in [7, 11) is 1.51. The lowest BCUT2D eigenvalue weighted by atomic mass is 10.1. The Kier molecular flexibility index (Phi) is 5.30.